The zero-order chi connectivity index (χ0) is 11.4. The Hall–Kier alpha value is -1.77. The van der Waals surface area contributed by atoms with Crippen LogP contribution >= 0.6 is 0 Å². The van der Waals surface area contributed by atoms with Crippen molar-refractivity contribution in [3.8, 4) is 5.75 Å². The van der Waals surface area contributed by atoms with Gasteiger partial charge in [-0.3, -0.25) is 0 Å². The van der Waals surface area contributed by atoms with Crippen LogP contribution in [0.4, 0.5) is 0 Å². The Morgan fingerprint density at radius 1 is 1.31 bits per heavy atom. The van der Waals surface area contributed by atoms with Crippen molar-refractivity contribution in [3.63, 3.8) is 0 Å². The number of aromatic nitrogens is 1. The Kier molecular flexibility index (Phi) is 3.25. The zero-order valence-corrected chi connectivity index (χ0v) is 9.56. The van der Waals surface area contributed by atoms with Crippen molar-refractivity contribution in [2.45, 2.75) is 26.9 Å². The van der Waals surface area contributed by atoms with Crippen LogP contribution in [0.5, 0.6) is 5.75 Å². The molecule has 1 heterocycles. The molecule has 0 aliphatic rings. The molecule has 0 bridgehead atoms. The minimum Gasteiger partial charge on any atom is -0.487 e. The second kappa shape index (κ2) is 4.84. The van der Waals surface area contributed by atoms with Gasteiger partial charge in [-0.15, -0.1) is 0 Å². The molecular weight excluding hydrogens is 202 g/mol. The molecule has 3 heteroatoms. The number of aryl methyl sites for hydroxylation is 2. The standard InChI is InChI=1S/C13H15NO2/c1-3-11-5-4-6-13(8-11)15-9-12-7-10(2)16-14-12/h4-8H,3,9H2,1-2H3. The zero-order valence-electron chi connectivity index (χ0n) is 9.56. The third-order valence-electron chi connectivity index (χ3n) is 2.37. The predicted molar refractivity (Wildman–Crippen MR) is 61.4 cm³/mol. The first-order chi connectivity index (χ1) is 7.78. The van der Waals surface area contributed by atoms with Crippen LogP contribution in [-0.4, -0.2) is 5.16 Å². The molecule has 1 aromatic carbocycles. The molecule has 0 radical (unpaired) electrons. The highest BCUT2D eigenvalue weighted by molar-refractivity contribution is 5.28. The lowest BCUT2D eigenvalue weighted by Crippen LogP contribution is -1.95. The molecule has 0 aliphatic carbocycles. The lowest BCUT2D eigenvalue weighted by molar-refractivity contribution is 0.287. The number of rotatable bonds is 4. The van der Waals surface area contributed by atoms with E-state index in [2.05, 4.69) is 18.1 Å². The number of nitrogens with zero attached hydrogens (tertiary/aromatic N) is 1. The topological polar surface area (TPSA) is 35.3 Å². The molecule has 2 aromatic rings. The van der Waals surface area contributed by atoms with Crippen LogP contribution in [0.15, 0.2) is 34.9 Å². The molecule has 0 fully saturated rings. The van der Waals surface area contributed by atoms with Crippen molar-refractivity contribution in [3.05, 3.63) is 47.3 Å². The van der Waals surface area contributed by atoms with Gasteiger partial charge in [0.1, 0.15) is 23.8 Å². The van der Waals surface area contributed by atoms with Crippen LogP contribution in [0.3, 0.4) is 0 Å². The van der Waals surface area contributed by atoms with Gasteiger partial charge in [0.05, 0.1) is 0 Å². The van der Waals surface area contributed by atoms with E-state index in [-0.39, 0.29) is 0 Å². The van der Waals surface area contributed by atoms with Crippen molar-refractivity contribution < 1.29 is 9.26 Å². The molecule has 0 atom stereocenters. The summed E-state index contributed by atoms with van der Waals surface area (Å²) in [5.41, 5.74) is 2.09. The Bertz CT molecular complexity index is 462. The second-order valence-corrected chi connectivity index (χ2v) is 3.72. The van der Waals surface area contributed by atoms with E-state index in [0.717, 1.165) is 23.6 Å². The third kappa shape index (κ3) is 2.63. The van der Waals surface area contributed by atoms with Crippen LogP contribution in [-0.2, 0) is 13.0 Å². The van der Waals surface area contributed by atoms with Gasteiger partial charge in [0.2, 0.25) is 0 Å². The van der Waals surface area contributed by atoms with E-state index in [4.69, 9.17) is 9.26 Å². The molecule has 0 saturated heterocycles. The minimum absolute atomic E-state index is 0.449. The first kappa shape index (κ1) is 10.7. The highest BCUT2D eigenvalue weighted by atomic mass is 16.5. The first-order valence-corrected chi connectivity index (χ1v) is 5.42. The summed E-state index contributed by atoms with van der Waals surface area (Å²) in [4.78, 5) is 0. The van der Waals surface area contributed by atoms with Crippen LogP contribution in [0, 0.1) is 6.92 Å². The van der Waals surface area contributed by atoms with Gasteiger partial charge in [0, 0.05) is 6.07 Å². The van der Waals surface area contributed by atoms with E-state index in [1.54, 1.807) is 0 Å². The average molecular weight is 217 g/mol. The monoisotopic (exact) mass is 217 g/mol. The highest BCUT2D eigenvalue weighted by Crippen LogP contribution is 2.15. The SMILES string of the molecule is CCc1cccc(OCc2cc(C)on2)c1. The molecule has 3 nitrogen and oxygen atoms in total. The maximum Gasteiger partial charge on any atom is 0.134 e. The van der Waals surface area contributed by atoms with Gasteiger partial charge in [0.15, 0.2) is 0 Å². The maximum atomic E-state index is 5.63. The molecule has 84 valence electrons. The molecule has 0 aliphatic heterocycles. The van der Waals surface area contributed by atoms with E-state index in [1.165, 1.54) is 5.56 Å². The van der Waals surface area contributed by atoms with Crippen LogP contribution in [0.25, 0.3) is 0 Å². The molecule has 0 spiro atoms. The second-order valence-electron chi connectivity index (χ2n) is 3.72. The van der Waals surface area contributed by atoms with Gasteiger partial charge in [-0.1, -0.05) is 24.2 Å². The third-order valence-corrected chi connectivity index (χ3v) is 2.37. The average Bonchev–Trinajstić information content (AvgIpc) is 2.73. The first-order valence-electron chi connectivity index (χ1n) is 5.42. The fourth-order valence-corrected chi connectivity index (χ4v) is 1.50. The van der Waals surface area contributed by atoms with E-state index < -0.39 is 0 Å². The fraction of sp³-hybridized carbons (Fsp3) is 0.308. The van der Waals surface area contributed by atoms with Gasteiger partial charge in [-0.2, -0.15) is 0 Å². The van der Waals surface area contributed by atoms with E-state index in [0.29, 0.717) is 6.61 Å². The molecule has 16 heavy (non-hydrogen) atoms. The van der Waals surface area contributed by atoms with E-state index in [1.807, 2.05) is 31.2 Å². The minimum atomic E-state index is 0.449. The van der Waals surface area contributed by atoms with Crippen molar-refractivity contribution in [1.29, 1.82) is 0 Å². The molecule has 0 N–H and O–H groups in total. The highest BCUT2D eigenvalue weighted by Gasteiger charge is 2.01. The molecule has 0 saturated carbocycles. The quantitative estimate of drug-likeness (QED) is 0.789. The van der Waals surface area contributed by atoms with Crippen LogP contribution in [0.2, 0.25) is 0 Å². The summed E-state index contributed by atoms with van der Waals surface area (Å²) in [7, 11) is 0. The summed E-state index contributed by atoms with van der Waals surface area (Å²) in [5.74, 6) is 1.68. The summed E-state index contributed by atoms with van der Waals surface area (Å²) >= 11 is 0. The Labute approximate surface area is 95.0 Å². The van der Waals surface area contributed by atoms with Crippen molar-refractivity contribution in [2.24, 2.45) is 0 Å². The lowest BCUT2D eigenvalue weighted by atomic mass is 10.2. The normalized spacial score (nSPS) is 10.4. The summed E-state index contributed by atoms with van der Waals surface area (Å²) < 4.78 is 10.6. The van der Waals surface area contributed by atoms with Gasteiger partial charge in [-0.25, -0.2) is 0 Å². The largest absolute Gasteiger partial charge is 0.487 e. The van der Waals surface area contributed by atoms with E-state index in [9.17, 15) is 0 Å². The summed E-state index contributed by atoms with van der Waals surface area (Å²) in [6, 6.07) is 9.97. The number of hydrogen-bond acceptors (Lipinski definition) is 3. The smallest absolute Gasteiger partial charge is 0.134 e. The summed E-state index contributed by atoms with van der Waals surface area (Å²) in [6.07, 6.45) is 1.01. The van der Waals surface area contributed by atoms with Crippen LogP contribution in [0.1, 0.15) is 23.9 Å². The van der Waals surface area contributed by atoms with Crippen molar-refractivity contribution in [2.75, 3.05) is 0 Å². The van der Waals surface area contributed by atoms with Gasteiger partial charge in [-0.05, 0) is 31.0 Å². The Morgan fingerprint density at radius 2 is 2.19 bits per heavy atom. The van der Waals surface area contributed by atoms with Gasteiger partial charge >= 0.3 is 0 Å². The molecule has 2 rings (SSSR count). The van der Waals surface area contributed by atoms with Gasteiger partial charge < -0.3 is 9.26 Å². The summed E-state index contributed by atoms with van der Waals surface area (Å²) in [6.45, 7) is 4.44. The number of benzene rings is 1. The molecule has 0 amide bonds. The Morgan fingerprint density at radius 3 is 2.88 bits per heavy atom. The molecular formula is C13H15NO2. The van der Waals surface area contributed by atoms with Gasteiger partial charge in [0.25, 0.3) is 0 Å². The lowest BCUT2D eigenvalue weighted by Gasteiger charge is -2.05. The predicted octanol–water partition coefficient (Wildman–Crippen LogP) is 3.12. The van der Waals surface area contributed by atoms with Crippen molar-refractivity contribution >= 4 is 0 Å². The number of hydrogen-bond donors (Lipinski definition) is 0. The number of ether oxygens (including phenoxy) is 1. The van der Waals surface area contributed by atoms with E-state index >= 15 is 0 Å². The summed E-state index contributed by atoms with van der Waals surface area (Å²) in [5, 5.41) is 3.87. The van der Waals surface area contributed by atoms with Crippen molar-refractivity contribution in [1.82, 2.24) is 5.16 Å². The Balaban J connectivity index is 1.99. The maximum absolute atomic E-state index is 5.63. The fourth-order valence-electron chi connectivity index (χ4n) is 1.50. The molecule has 0 unspecified atom stereocenters. The van der Waals surface area contributed by atoms with Crippen LogP contribution < -0.4 is 4.74 Å². The molecule has 1 aromatic heterocycles.